The van der Waals surface area contributed by atoms with Crippen LogP contribution >= 0.6 is 0 Å². The number of nitrogens with two attached hydrogens (primary N) is 2. The molecule has 1 amide bonds. The summed E-state index contributed by atoms with van der Waals surface area (Å²) >= 11 is 0. The highest BCUT2D eigenvalue weighted by Crippen LogP contribution is 2.22. The topological polar surface area (TPSA) is 134 Å². The first-order valence-electron chi connectivity index (χ1n) is 11.3. The van der Waals surface area contributed by atoms with Gasteiger partial charge in [-0.1, -0.05) is 18.2 Å². The molecule has 0 saturated heterocycles. The second kappa shape index (κ2) is 14.3. The maximum atomic E-state index is 12.8. The van der Waals surface area contributed by atoms with Crippen LogP contribution in [0.3, 0.4) is 0 Å². The number of rotatable bonds is 7. The number of nitrogen functional groups attached to an aromatic ring is 1. The molecule has 2 aromatic heterocycles. The fourth-order valence-corrected chi connectivity index (χ4v) is 3.21. The normalized spacial score (nSPS) is 10.9. The number of fused-ring (bicyclic) bond motifs is 1. The van der Waals surface area contributed by atoms with E-state index in [1.54, 1.807) is 48.2 Å². The third kappa shape index (κ3) is 8.41. The predicted molar refractivity (Wildman–Crippen MR) is 142 cm³/mol. The van der Waals surface area contributed by atoms with Crippen LogP contribution in [-0.2, 0) is 9.53 Å². The number of nitrogens with one attached hydrogen (secondary N) is 1. The molecule has 9 nitrogen and oxygen atoms in total. The molecule has 1 atom stereocenters. The van der Waals surface area contributed by atoms with Crippen molar-refractivity contribution in [2.24, 2.45) is 5.73 Å². The van der Waals surface area contributed by atoms with Crippen molar-refractivity contribution in [3.63, 3.8) is 0 Å². The molecule has 5 N–H and O–H groups in total. The zero-order valence-electron chi connectivity index (χ0n) is 21.1. The summed E-state index contributed by atoms with van der Waals surface area (Å²) in [6, 6.07) is 15.2. The van der Waals surface area contributed by atoms with Crippen LogP contribution in [0.25, 0.3) is 5.65 Å². The van der Waals surface area contributed by atoms with E-state index in [4.69, 9.17) is 25.7 Å². The first-order chi connectivity index (χ1) is 17.8. The third-order valence-corrected chi connectivity index (χ3v) is 5.16. The molecule has 196 valence electrons. The van der Waals surface area contributed by atoms with Gasteiger partial charge in [0, 0.05) is 36.8 Å². The molecular weight excluding hydrogens is 477 g/mol. The molecule has 0 spiro atoms. The number of halogens is 1. The lowest BCUT2D eigenvalue weighted by Crippen LogP contribution is -2.16. The van der Waals surface area contributed by atoms with Gasteiger partial charge in [0.2, 0.25) is 0 Å². The van der Waals surface area contributed by atoms with Crippen LogP contribution in [0, 0.1) is 12.7 Å². The van der Waals surface area contributed by atoms with Crippen LogP contribution in [0.2, 0.25) is 0 Å². The Morgan fingerprint density at radius 3 is 2.54 bits per heavy atom. The Morgan fingerprint density at radius 2 is 1.92 bits per heavy atom. The molecule has 0 saturated carbocycles. The number of ether oxygens (including phenoxy) is 2. The summed E-state index contributed by atoms with van der Waals surface area (Å²) in [5.74, 6) is 0.156. The number of aromatic nitrogens is 2. The predicted octanol–water partition coefficient (Wildman–Crippen LogP) is 4.16. The van der Waals surface area contributed by atoms with Crippen LogP contribution in [-0.4, -0.2) is 42.4 Å². The molecule has 0 aliphatic rings. The Morgan fingerprint density at radius 1 is 1.16 bits per heavy atom. The number of nitrogens with zero attached hydrogens (tertiary/aromatic N) is 2. The summed E-state index contributed by atoms with van der Waals surface area (Å²) in [7, 11) is 1.62. The van der Waals surface area contributed by atoms with Gasteiger partial charge >= 0.3 is 0 Å². The summed E-state index contributed by atoms with van der Waals surface area (Å²) in [6.45, 7) is 6.81. The van der Waals surface area contributed by atoms with E-state index in [2.05, 4.69) is 10.3 Å². The highest BCUT2D eigenvalue weighted by Gasteiger charge is 2.14. The number of methoxy groups -OCH3 is 1. The van der Waals surface area contributed by atoms with Gasteiger partial charge in [0.25, 0.3) is 5.91 Å². The van der Waals surface area contributed by atoms with Gasteiger partial charge in [0.05, 0.1) is 12.8 Å². The van der Waals surface area contributed by atoms with Crippen LogP contribution in [0.1, 0.15) is 34.6 Å². The molecule has 1 unspecified atom stereocenters. The van der Waals surface area contributed by atoms with Crippen molar-refractivity contribution in [1.29, 1.82) is 0 Å². The van der Waals surface area contributed by atoms with Gasteiger partial charge in [-0.05, 0) is 55.3 Å². The summed E-state index contributed by atoms with van der Waals surface area (Å²) in [6.07, 6.45) is 3.32. The van der Waals surface area contributed by atoms with Crippen LogP contribution in [0.5, 0.6) is 5.75 Å². The van der Waals surface area contributed by atoms with Gasteiger partial charge in [-0.3, -0.25) is 9.20 Å². The standard InChI is InChI=1S/C20H24N4O3.C6H6FN.CH2O/c1-13-4-5-15(14(2)21)10-17(13)23-20(25)18-12-22-19-11-16(6-7-24(18)19)27-9-8-26-3;7-5-2-1-3-6(8)4-5;1-2/h4-7,10-12,14H,8-9,21H2,1-3H3,(H,23,25);1-4H,8H2;1H2. The Labute approximate surface area is 215 Å². The molecule has 0 radical (unpaired) electrons. The van der Waals surface area contributed by atoms with Crippen LogP contribution < -0.4 is 21.5 Å². The summed E-state index contributed by atoms with van der Waals surface area (Å²) in [5, 5.41) is 2.95. The number of hydrogen-bond acceptors (Lipinski definition) is 7. The summed E-state index contributed by atoms with van der Waals surface area (Å²) in [5.41, 5.74) is 15.4. The molecule has 0 fully saturated rings. The lowest BCUT2D eigenvalue weighted by Gasteiger charge is -2.12. The van der Waals surface area contributed by atoms with E-state index >= 15 is 0 Å². The maximum Gasteiger partial charge on any atom is 0.274 e. The number of carbonyl (C=O) groups is 2. The van der Waals surface area contributed by atoms with E-state index in [1.807, 2.05) is 38.8 Å². The second-order valence-electron chi connectivity index (χ2n) is 7.95. The van der Waals surface area contributed by atoms with Gasteiger partial charge in [-0.2, -0.15) is 0 Å². The highest BCUT2D eigenvalue weighted by molar-refractivity contribution is 6.04. The highest BCUT2D eigenvalue weighted by atomic mass is 19.1. The van der Waals surface area contributed by atoms with Crippen LogP contribution in [0.15, 0.2) is 67.0 Å². The smallest absolute Gasteiger partial charge is 0.274 e. The molecule has 2 heterocycles. The molecule has 4 aromatic rings. The van der Waals surface area contributed by atoms with Crippen molar-refractivity contribution in [1.82, 2.24) is 9.38 Å². The number of benzene rings is 2. The Balaban J connectivity index is 0.000000406. The molecule has 37 heavy (non-hydrogen) atoms. The first kappa shape index (κ1) is 29.0. The molecule has 10 heteroatoms. The SMILES string of the molecule is C=O.COCCOc1ccn2c(C(=O)Nc3cc(C(C)N)ccc3C)cnc2c1.Nc1cccc(F)c1. The van der Waals surface area contributed by atoms with E-state index in [0.29, 0.717) is 36.0 Å². The molecule has 0 aliphatic carbocycles. The Kier molecular flexibility index (Phi) is 11.2. The van der Waals surface area contributed by atoms with E-state index < -0.39 is 0 Å². The van der Waals surface area contributed by atoms with Crippen molar-refractivity contribution in [2.75, 3.05) is 31.4 Å². The third-order valence-electron chi connectivity index (χ3n) is 5.16. The number of anilines is 2. The van der Waals surface area contributed by atoms with Gasteiger partial charge in [0.15, 0.2) is 0 Å². The maximum absolute atomic E-state index is 12.8. The van der Waals surface area contributed by atoms with E-state index in [0.717, 1.165) is 16.8 Å². The number of imidazole rings is 1. The quantitative estimate of drug-likeness (QED) is 0.251. The number of pyridine rings is 1. The van der Waals surface area contributed by atoms with E-state index in [1.165, 1.54) is 12.1 Å². The zero-order chi connectivity index (χ0) is 27.4. The minimum atomic E-state index is -0.287. The van der Waals surface area contributed by atoms with Crippen LogP contribution in [0.4, 0.5) is 15.8 Å². The van der Waals surface area contributed by atoms with Gasteiger partial charge < -0.3 is 31.1 Å². The molecule has 0 bridgehead atoms. The lowest BCUT2D eigenvalue weighted by atomic mass is 10.1. The average molecular weight is 510 g/mol. The summed E-state index contributed by atoms with van der Waals surface area (Å²) < 4.78 is 24.4. The fraction of sp³-hybridized carbons (Fsp3) is 0.222. The Bertz CT molecular complexity index is 1290. The Hall–Kier alpha value is -4.28. The number of amides is 1. The second-order valence-corrected chi connectivity index (χ2v) is 7.95. The minimum absolute atomic E-state index is 0.103. The number of aryl methyl sites for hydroxylation is 1. The monoisotopic (exact) mass is 509 g/mol. The fourth-order valence-electron chi connectivity index (χ4n) is 3.21. The van der Waals surface area contributed by atoms with Crippen molar-refractivity contribution in [3.8, 4) is 5.75 Å². The van der Waals surface area contributed by atoms with Crippen molar-refractivity contribution in [3.05, 3.63) is 89.6 Å². The van der Waals surface area contributed by atoms with E-state index in [-0.39, 0.29) is 17.8 Å². The summed E-state index contributed by atoms with van der Waals surface area (Å²) in [4.78, 5) is 25.1. The van der Waals surface area contributed by atoms with Crippen molar-refractivity contribution >= 4 is 29.7 Å². The van der Waals surface area contributed by atoms with Crippen molar-refractivity contribution in [2.45, 2.75) is 19.9 Å². The van der Waals surface area contributed by atoms with Gasteiger partial charge in [0.1, 0.15) is 36.3 Å². The average Bonchev–Trinajstić information content (AvgIpc) is 3.30. The van der Waals surface area contributed by atoms with E-state index in [9.17, 15) is 9.18 Å². The van der Waals surface area contributed by atoms with Gasteiger partial charge in [-0.15, -0.1) is 0 Å². The zero-order valence-corrected chi connectivity index (χ0v) is 21.1. The first-order valence-corrected chi connectivity index (χ1v) is 11.3. The molecule has 4 rings (SSSR count). The molecular formula is C27H32FN5O4. The number of hydrogen-bond donors (Lipinski definition) is 3. The van der Waals surface area contributed by atoms with Gasteiger partial charge in [-0.25, -0.2) is 9.37 Å². The lowest BCUT2D eigenvalue weighted by molar-refractivity contribution is -0.0980. The molecule has 2 aromatic carbocycles. The van der Waals surface area contributed by atoms with Crippen molar-refractivity contribution < 1.29 is 23.5 Å². The number of carbonyl (C=O) groups excluding carboxylic acids is 2. The minimum Gasteiger partial charge on any atom is -0.491 e. The largest absolute Gasteiger partial charge is 0.491 e. The molecule has 0 aliphatic heterocycles.